The average molecular weight is 424 g/mol. The second-order valence-corrected chi connectivity index (χ2v) is 7.41. The smallest absolute Gasteiger partial charge is 0.279 e. The molecule has 0 bridgehead atoms. The number of nitrogens with zero attached hydrogens (tertiary/aromatic N) is 5. The van der Waals surface area contributed by atoms with Gasteiger partial charge in [0.05, 0.1) is 23.6 Å². The average Bonchev–Trinajstić information content (AvgIpc) is 3.44. The summed E-state index contributed by atoms with van der Waals surface area (Å²) in [4.78, 5) is 17.7. The molecule has 1 aliphatic rings. The van der Waals surface area contributed by atoms with Crippen LogP contribution in [0.5, 0.6) is 5.75 Å². The first kappa shape index (κ1) is 19.5. The Morgan fingerprint density at radius 2 is 1.78 bits per heavy atom. The minimum atomic E-state index is -0.488. The van der Waals surface area contributed by atoms with E-state index in [-0.39, 0.29) is 17.1 Å². The molecule has 1 amide bonds. The van der Waals surface area contributed by atoms with Crippen LogP contribution in [0.3, 0.4) is 0 Å². The molecule has 8 heteroatoms. The van der Waals surface area contributed by atoms with Crippen LogP contribution in [-0.2, 0) is 0 Å². The molecule has 0 saturated carbocycles. The maximum atomic E-state index is 13.6. The van der Waals surface area contributed by atoms with Crippen molar-refractivity contribution < 1.29 is 9.90 Å². The molecule has 2 aromatic heterocycles. The van der Waals surface area contributed by atoms with Crippen LogP contribution in [0, 0.1) is 0 Å². The number of carbonyl (C=O) groups is 1. The van der Waals surface area contributed by atoms with Gasteiger partial charge >= 0.3 is 0 Å². The van der Waals surface area contributed by atoms with E-state index in [2.05, 4.69) is 15.2 Å². The fourth-order valence-corrected chi connectivity index (χ4v) is 3.84. The summed E-state index contributed by atoms with van der Waals surface area (Å²) >= 11 is 0. The number of aromatic hydroxyl groups is 1. The van der Waals surface area contributed by atoms with Crippen molar-refractivity contribution in [2.45, 2.75) is 12.5 Å². The maximum Gasteiger partial charge on any atom is 0.279 e. The molecule has 1 unspecified atom stereocenters. The third kappa shape index (κ3) is 3.37. The van der Waals surface area contributed by atoms with E-state index in [9.17, 15) is 9.90 Å². The van der Waals surface area contributed by atoms with E-state index in [1.165, 1.54) is 15.9 Å². The molecule has 0 aliphatic carbocycles. The van der Waals surface area contributed by atoms with Gasteiger partial charge in [-0.1, -0.05) is 42.5 Å². The van der Waals surface area contributed by atoms with Crippen molar-refractivity contribution in [2.24, 2.45) is 5.10 Å². The Labute approximate surface area is 184 Å². The van der Waals surface area contributed by atoms with Gasteiger partial charge in [0, 0.05) is 29.9 Å². The number of phenols is 1. The van der Waals surface area contributed by atoms with E-state index < -0.39 is 11.9 Å². The predicted molar refractivity (Wildman–Crippen MR) is 120 cm³/mol. The summed E-state index contributed by atoms with van der Waals surface area (Å²) < 4.78 is 1.52. The van der Waals surface area contributed by atoms with Crippen molar-refractivity contribution in [3.8, 4) is 11.4 Å². The molecule has 158 valence electrons. The Morgan fingerprint density at radius 3 is 2.53 bits per heavy atom. The molecule has 1 atom stereocenters. The molecule has 3 N–H and O–H groups in total. The van der Waals surface area contributed by atoms with Crippen LogP contribution in [0.15, 0.2) is 90.4 Å². The summed E-state index contributed by atoms with van der Waals surface area (Å²) in [7, 11) is 0. The van der Waals surface area contributed by atoms with Gasteiger partial charge in [-0.2, -0.15) is 10.2 Å². The molecule has 5 rings (SSSR count). The van der Waals surface area contributed by atoms with Gasteiger partial charge in [-0.25, -0.2) is 9.69 Å². The Hall–Kier alpha value is -4.46. The van der Waals surface area contributed by atoms with Gasteiger partial charge in [-0.15, -0.1) is 0 Å². The molecule has 8 nitrogen and oxygen atoms in total. The highest BCUT2D eigenvalue weighted by atomic mass is 16.3. The van der Waals surface area contributed by atoms with Gasteiger partial charge in [-0.3, -0.25) is 9.78 Å². The monoisotopic (exact) mass is 424 g/mol. The van der Waals surface area contributed by atoms with Crippen LogP contribution in [-0.4, -0.2) is 36.5 Å². The molecule has 3 heterocycles. The number of hydrogen-bond acceptors (Lipinski definition) is 6. The number of hydrogen-bond donors (Lipinski definition) is 2. The number of para-hydroxylation sites is 2. The zero-order chi connectivity index (χ0) is 22.1. The summed E-state index contributed by atoms with van der Waals surface area (Å²) in [6.07, 6.45) is 5.27. The van der Waals surface area contributed by atoms with Gasteiger partial charge in [0.25, 0.3) is 5.91 Å². The fraction of sp³-hybridized carbons (Fsp3) is 0.0833. The van der Waals surface area contributed by atoms with Crippen molar-refractivity contribution in [3.63, 3.8) is 0 Å². The number of carbonyl (C=O) groups excluding carboxylic acids is 1. The van der Waals surface area contributed by atoms with Crippen LogP contribution >= 0.6 is 0 Å². The summed E-state index contributed by atoms with van der Waals surface area (Å²) in [5.41, 5.74) is 9.43. The number of nitrogens with two attached hydrogens (primary N) is 1. The van der Waals surface area contributed by atoms with Gasteiger partial charge in [0.15, 0.2) is 0 Å². The highest BCUT2D eigenvalue weighted by Crippen LogP contribution is 2.38. The number of nitrogen functional groups attached to an aromatic ring is 1. The van der Waals surface area contributed by atoms with E-state index in [1.807, 2.05) is 48.5 Å². The van der Waals surface area contributed by atoms with Crippen molar-refractivity contribution >= 4 is 17.4 Å². The number of anilines is 1. The van der Waals surface area contributed by atoms with Crippen LogP contribution < -0.4 is 5.73 Å². The molecule has 2 aromatic carbocycles. The minimum absolute atomic E-state index is 0.103. The topological polar surface area (TPSA) is 110 Å². The Bertz CT molecular complexity index is 1300. The highest BCUT2D eigenvalue weighted by Gasteiger charge is 2.36. The lowest BCUT2D eigenvalue weighted by Crippen LogP contribution is -2.27. The lowest BCUT2D eigenvalue weighted by molar-refractivity contribution is 0.0711. The largest absolute Gasteiger partial charge is 0.508 e. The lowest BCUT2D eigenvalue weighted by Gasteiger charge is -2.22. The maximum absolute atomic E-state index is 13.6. The summed E-state index contributed by atoms with van der Waals surface area (Å²) in [6.45, 7) is 0. The van der Waals surface area contributed by atoms with E-state index in [1.54, 1.807) is 30.6 Å². The number of hydrazone groups is 1. The SMILES string of the molecule is Nc1c(C(=O)N2N=C(c3cccnc3)CC2c2ccccc2O)cnn1-c1ccccc1. The number of amides is 1. The molecule has 0 saturated heterocycles. The predicted octanol–water partition coefficient (Wildman–Crippen LogP) is 3.55. The van der Waals surface area contributed by atoms with E-state index >= 15 is 0 Å². The number of pyridine rings is 1. The lowest BCUT2D eigenvalue weighted by atomic mass is 9.98. The molecular weight excluding hydrogens is 404 g/mol. The first-order valence-corrected chi connectivity index (χ1v) is 10.1. The summed E-state index contributed by atoms with van der Waals surface area (Å²) in [6, 6.07) is 19.5. The number of aromatic nitrogens is 3. The van der Waals surface area contributed by atoms with Gasteiger partial charge in [-0.05, 0) is 24.3 Å². The van der Waals surface area contributed by atoms with Crippen LogP contribution in [0.2, 0.25) is 0 Å². The second kappa shape index (κ2) is 7.99. The van der Waals surface area contributed by atoms with Crippen molar-refractivity contribution in [1.29, 1.82) is 0 Å². The van der Waals surface area contributed by atoms with Gasteiger partial charge in [0.1, 0.15) is 17.1 Å². The molecule has 32 heavy (non-hydrogen) atoms. The second-order valence-electron chi connectivity index (χ2n) is 7.41. The summed E-state index contributed by atoms with van der Waals surface area (Å²) in [5, 5.41) is 20.8. The van der Waals surface area contributed by atoms with Crippen LogP contribution in [0.4, 0.5) is 5.82 Å². The minimum Gasteiger partial charge on any atom is -0.508 e. The third-order valence-corrected chi connectivity index (χ3v) is 5.45. The molecule has 1 aliphatic heterocycles. The molecular formula is C24H20N6O2. The fourth-order valence-electron chi connectivity index (χ4n) is 3.84. The van der Waals surface area contributed by atoms with E-state index in [0.717, 1.165) is 11.3 Å². The Kier molecular flexibility index (Phi) is 4.87. The zero-order valence-electron chi connectivity index (χ0n) is 17.0. The Balaban J connectivity index is 1.56. The van der Waals surface area contributed by atoms with Crippen LogP contribution in [0.1, 0.15) is 33.9 Å². The normalized spacial score (nSPS) is 15.6. The molecule has 0 radical (unpaired) electrons. The molecule has 4 aromatic rings. The summed E-state index contributed by atoms with van der Waals surface area (Å²) in [5.74, 6) is -0.0648. The van der Waals surface area contributed by atoms with Gasteiger partial charge < -0.3 is 10.8 Å². The Morgan fingerprint density at radius 1 is 1.00 bits per heavy atom. The van der Waals surface area contributed by atoms with Crippen LogP contribution in [0.25, 0.3) is 5.69 Å². The zero-order valence-corrected chi connectivity index (χ0v) is 17.0. The highest BCUT2D eigenvalue weighted by molar-refractivity contribution is 6.06. The van der Waals surface area contributed by atoms with Crippen molar-refractivity contribution in [1.82, 2.24) is 19.8 Å². The quantitative estimate of drug-likeness (QED) is 0.521. The third-order valence-electron chi connectivity index (χ3n) is 5.45. The van der Waals surface area contributed by atoms with Gasteiger partial charge in [0.2, 0.25) is 0 Å². The number of benzene rings is 2. The first-order valence-electron chi connectivity index (χ1n) is 10.1. The standard InChI is InChI=1S/C24H20N6O2/c25-23-19(15-27-29(23)17-8-2-1-3-9-17)24(32)30-21(18-10-4-5-11-22(18)31)13-20(28-30)16-7-6-12-26-14-16/h1-12,14-15,21,31H,13,25H2. The molecule has 0 fully saturated rings. The van der Waals surface area contributed by atoms with E-state index in [4.69, 9.17) is 5.73 Å². The number of rotatable bonds is 4. The first-order chi connectivity index (χ1) is 15.6. The van der Waals surface area contributed by atoms with Crippen molar-refractivity contribution in [3.05, 3.63) is 102 Å². The van der Waals surface area contributed by atoms with E-state index in [0.29, 0.717) is 17.7 Å². The number of phenolic OH excluding ortho intramolecular Hbond substituents is 1. The van der Waals surface area contributed by atoms with Crippen molar-refractivity contribution in [2.75, 3.05) is 5.73 Å². The molecule has 0 spiro atoms.